The number of nitrogens with one attached hydrogen (secondary N) is 2. The molecule has 4 N–H and O–H groups in total. The van der Waals surface area contributed by atoms with E-state index in [2.05, 4.69) is 26.7 Å². The maximum absolute atomic E-state index is 15.3. The van der Waals surface area contributed by atoms with Gasteiger partial charge in [0.15, 0.2) is 0 Å². The number of pyridine rings is 2. The van der Waals surface area contributed by atoms with Crippen LogP contribution in [0.15, 0.2) is 48.8 Å². The fraction of sp³-hybridized carbons (Fsp3) is 0.208. The molecule has 0 radical (unpaired) electrons. The highest BCUT2D eigenvalue weighted by Gasteiger charge is 2.26. The lowest BCUT2D eigenvalue weighted by Gasteiger charge is -2.24. The van der Waals surface area contributed by atoms with Gasteiger partial charge in [0.05, 0.1) is 22.5 Å². The monoisotopic (exact) mass is 456 g/mol. The van der Waals surface area contributed by atoms with E-state index in [0.717, 1.165) is 25.5 Å². The van der Waals surface area contributed by atoms with E-state index in [1.165, 1.54) is 18.3 Å². The average molecular weight is 456 g/mol. The van der Waals surface area contributed by atoms with Crippen LogP contribution in [-0.4, -0.2) is 38.7 Å². The summed E-state index contributed by atoms with van der Waals surface area (Å²) in [6, 6.07) is 11.4. The summed E-state index contributed by atoms with van der Waals surface area (Å²) >= 11 is 0. The number of benzene rings is 1. The summed E-state index contributed by atoms with van der Waals surface area (Å²) in [6.45, 7) is 1.59. The highest BCUT2D eigenvalue weighted by molar-refractivity contribution is 6.05. The molecule has 9 nitrogen and oxygen atoms in total. The first kappa shape index (κ1) is 21.5. The van der Waals surface area contributed by atoms with E-state index in [1.54, 1.807) is 29.1 Å². The molecule has 0 spiro atoms. The van der Waals surface area contributed by atoms with Crippen LogP contribution < -0.4 is 16.4 Å². The number of nitrogens with zero attached hydrogens (tertiary/aromatic N) is 5. The minimum absolute atomic E-state index is 0.00890. The molecule has 5 rings (SSSR count). The maximum atomic E-state index is 15.3. The van der Waals surface area contributed by atoms with Crippen LogP contribution in [0, 0.1) is 17.1 Å². The van der Waals surface area contributed by atoms with Crippen molar-refractivity contribution in [3.05, 3.63) is 65.7 Å². The van der Waals surface area contributed by atoms with Gasteiger partial charge in [-0.05, 0) is 49.7 Å². The second-order valence-electron chi connectivity index (χ2n) is 8.05. The van der Waals surface area contributed by atoms with E-state index in [9.17, 15) is 10.1 Å². The van der Waals surface area contributed by atoms with Crippen LogP contribution in [-0.2, 0) is 0 Å². The summed E-state index contributed by atoms with van der Waals surface area (Å²) in [7, 11) is 0. The third-order valence-electron chi connectivity index (χ3n) is 5.88. The quantitative estimate of drug-likeness (QED) is 0.429. The van der Waals surface area contributed by atoms with Gasteiger partial charge in [-0.3, -0.25) is 9.48 Å². The Hall–Kier alpha value is -4.36. The number of fused-ring (bicyclic) bond motifs is 1. The summed E-state index contributed by atoms with van der Waals surface area (Å²) in [4.78, 5) is 20.8. The van der Waals surface area contributed by atoms with Crippen molar-refractivity contribution in [2.24, 2.45) is 0 Å². The molecule has 1 aliphatic rings. The zero-order valence-electron chi connectivity index (χ0n) is 18.1. The molecule has 34 heavy (non-hydrogen) atoms. The number of piperidine rings is 1. The van der Waals surface area contributed by atoms with E-state index in [1.807, 2.05) is 0 Å². The summed E-state index contributed by atoms with van der Waals surface area (Å²) in [6.07, 6.45) is 4.79. The highest BCUT2D eigenvalue weighted by atomic mass is 19.1. The maximum Gasteiger partial charge on any atom is 0.256 e. The number of nitrogen functional groups attached to an aromatic ring is 1. The van der Waals surface area contributed by atoms with Gasteiger partial charge in [0.2, 0.25) is 0 Å². The lowest BCUT2D eigenvalue weighted by Crippen LogP contribution is -2.32. The number of nitrogens with two attached hydrogens (primary N) is 1. The van der Waals surface area contributed by atoms with Crippen molar-refractivity contribution in [2.45, 2.75) is 18.9 Å². The molecule has 170 valence electrons. The normalized spacial score (nSPS) is 15.7. The third-order valence-corrected chi connectivity index (χ3v) is 5.88. The van der Waals surface area contributed by atoms with Crippen molar-refractivity contribution < 1.29 is 9.18 Å². The molecule has 1 unspecified atom stereocenters. The zero-order valence-corrected chi connectivity index (χ0v) is 18.1. The minimum atomic E-state index is -0.635. The Morgan fingerprint density at radius 3 is 2.88 bits per heavy atom. The number of rotatable bonds is 4. The molecule has 0 saturated carbocycles. The molecule has 1 amide bonds. The van der Waals surface area contributed by atoms with Crippen molar-refractivity contribution in [2.75, 3.05) is 24.1 Å². The van der Waals surface area contributed by atoms with E-state index in [-0.39, 0.29) is 28.7 Å². The van der Waals surface area contributed by atoms with Crippen LogP contribution in [0.25, 0.3) is 22.2 Å². The Balaban J connectivity index is 1.59. The van der Waals surface area contributed by atoms with Crippen LogP contribution >= 0.6 is 0 Å². The average Bonchev–Trinajstić information content (AvgIpc) is 3.27. The van der Waals surface area contributed by atoms with Gasteiger partial charge in [0.25, 0.3) is 5.91 Å². The summed E-state index contributed by atoms with van der Waals surface area (Å²) in [5.74, 6) is -0.592. The molecule has 1 atom stereocenters. The fourth-order valence-corrected chi connectivity index (χ4v) is 4.25. The molecule has 10 heteroatoms. The van der Waals surface area contributed by atoms with Crippen LogP contribution in [0.1, 0.15) is 34.8 Å². The van der Waals surface area contributed by atoms with Crippen LogP contribution in [0.2, 0.25) is 0 Å². The van der Waals surface area contributed by atoms with E-state index in [0.29, 0.717) is 28.8 Å². The second-order valence-corrected chi connectivity index (χ2v) is 8.05. The molecule has 1 aliphatic heterocycles. The van der Waals surface area contributed by atoms with Gasteiger partial charge in [0.1, 0.15) is 29.2 Å². The van der Waals surface area contributed by atoms with Crippen molar-refractivity contribution in [3.8, 4) is 17.3 Å². The number of aromatic nitrogens is 4. The molecule has 0 aliphatic carbocycles. The Morgan fingerprint density at radius 1 is 1.29 bits per heavy atom. The number of amides is 1. The Bertz CT molecular complexity index is 1420. The van der Waals surface area contributed by atoms with Crippen LogP contribution in [0.4, 0.5) is 16.0 Å². The molecule has 0 bridgehead atoms. The Labute approximate surface area is 194 Å². The second kappa shape index (κ2) is 8.88. The molecular weight excluding hydrogens is 435 g/mol. The largest absolute Gasteiger partial charge is 0.383 e. The van der Waals surface area contributed by atoms with Gasteiger partial charge in [-0.2, -0.15) is 10.4 Å². The number of nitriles is 1. The van der Waals surface area contributed by atoms with Crippen molar-refractivity contribution in [3.63, 3.8) is 0 Å². The Kier molecular flexibility index (Phi) is 5.61. The lowest BCUT2D eigenvalue weighted by molar-refractivity contribution is 0.102. The summed E-state index contributed by atoms with van der Waals surface area (Å²) in [5, 5.41) is 20.8. The first-order valence-electron chi connectivity index (χ1n) is 10.9. The zero-order chi connectivity index (χ0) is 23.7. The number of carbonyl (C=O) groups excluding carboxylic acids is 1. The molecule has 3 aromatic heterocycles. The van der Waals surface area contributed by atoms with Crippen LogP contribution in [0.3, 0.4) is 0 Å². The van der Waals surface area contributed by atoms with Gasteiger partial charge in [-0.25, -0.2) is 14.4 Å². The molecule has 4 heterocycles. The topological polar surface area (TPSA) is 135 Å². The van der Waals surface area contributed by atoms with Crippen LogP contribution in [0.5, 0.6) is 0 Å². The van der Waals surface area contributed by atoms with E-state index < -0.39 is 11.7 Å². The minimum Gasteiger partial charge on any atom is -0.383 e. The molecule has 4 aromatic rings. The van der Waals surface area contributed by atoms with Crippen molar-refractivity contribution in [1.82, 2.24) is 25.1 Å². The lowest BCUT2D eigenvalue weighted by atomic mass is 10.0. The SMILES string of the molecule is N#Cc1cnc(N)c2c(-c3ccc(C(=O)Nc4ccccn4)cc3F)nn(C3CCCNC3)c12. The number of hydrogen-bond donors (Lipinski definition) is 3. The van der Waals surface area contributed by atoms with E-state index in [4.69, 9.17) is 10.8 Å². The fourth-order valence-electron chi connectivity index (χ4n) is 4.25. The first-order chi connectivity index (χ1) is 16.6. The first-order valence-corrected chi connectivity index (χ1v) is 10.9. The molecule has 1 aromatic carbocycles. The predicted molar refractivity (Wildman–Crippen MR) is 125 cm³/mol. The third kappa shape index (κ3) is 3.82. The molecular formula is C24H21FN8O. The van der Waals surface area contributed by atoms with E-state index >= 15 is 4.39 Å². The predicted octanol–water partition coefficient (Wildman–Crippen LogP) is 3.26. The highest BCUT2D eigenvalue weighted by Crippen LogP contribution is 2.36. The van der Waals surface area contributed by atoms with Gasteiger partial charge in [0, 0.05) is 30.1 Å². The molecule has 1 saturated heterocycles. The molecule has 1 fully saturated rings. The van der Waals surface area contributed by atoms with Crippen molar-refractivity contribution in [1.29, 1.82) is 5.26 Å². The Morgan fingerprint density at radius 2 is 2.18 bits per heavy atom. The van der Waals surface area contributed by atoms with Gasteiger partial charge < -0.3 is 16.4 Å². The number of anilines is 2. The summed E-state index contributed by atoms with van der Waals surface area (Å²) in [5.41, 5.74) is 7.64. The summed E-state index contributed by atoms with van der Waals surface area (Å²) < 4.78 is 17.1. The number of carbonyl (C=O) groups is 1. The number of hydrogen-bond acceptors (Lipinski definition) is 7. The number of halogens is 1. The van der Waals surface area contributed by atoms with Gasteiger partial charge >= 0.3 is 0 Å². The van der Waals surface area contributed by atoms with Gasteiger partial charge in [-0.15, -0.1) is 0 Å². The smallest absolute Gasteiger partial charge is 0.256 e. The van der Waals surface area contributed by atoms with Crippen molar-refractivity contribution >= 4 is 28.4 Å². The standard InChI is InChI=1S/C24H21FN8O/c25-18-10-14(24(34)31-19-5-1-2-9-29-19)6-7-17(18)21-20-22(15(11-26)12-30-23(20)27)33(32-21)16-4-3-8-28-13-16/h1-2,5-7,9-10,12,16,28H,3-4,8,13H2,(H2,27,30)(H,29,31,34). The van der Waals surface area contributed by atoms with Gasteiger partial charge in [-0.1, -0.05) is 6.07 Å².